The lowest BCUT2D eigenvalue weighted by molar-refractivity contribution is 0.442. The van der Waals surface area contributed by atoms with E-state index in [0.29, 0.717) is 11.1 Å². The van der Waals surface area contributed by atoms with Crippen molar-refractivity contribution >= 4 is 0 Å². The minimum absolute atomic E-state index is 0.0304. The van der Waals surface area contributed by atoms with E-state index in [-0.39, 0.29) is 17.4 Å². The lowest BCUT2D eigenvalue weighted by Gasteiger charge is -2.08. The average Bonchev–Trinajstić information content (AvgIpc) is 2.10. The highest BCUT2D eigenvalue weighted by Crippen LogP contribution is 2.31. The Labute approximate surface area is 76.9 Å². The van der Waals surface area contributed by atoms with Crippen molar-refractivity contribution < 1.29 is 10.2 Å². The summed E-state index contributed by atoms with van der Waals surface area (Å²) < 4.78 is 0. The van der Waals surface area contributed by atoms with E-state index >= 15 is 0 Å². The molecule has 13 heavy (non-hydrogen) atoms. The van der Waals surface area contributed by atoms with Gasteiger partial charge >= 0.3 is 0 Å². The molecule has 0 saturated heterocycles. The number of rotatable bonds is 1. The summed E-state index contributed by atoms with van der Waals surface area (Å²) in [6, 6.07) is 4.91. The van der Waals surface area contributed by atoms with Crippen LogP contribution in [0.25, 0.3) is 0 Å². The average molecular weight is 177 g/mol. The molecule has 1 aromatic rings. The van der Waals surface area contributed by atoms with Crippen molar-refractivity contribution in [2.45, 2.75) is 19.8 Å². The van der Waals surface area contributed by atoms with Gasteiger partial charge in [-0.3, -0.25) is 0 Å². The minimum Gasteiger partial charge on any atom is -0.508 e. The summed E-state index contributed by atoms with van der Waals surface area (Å²) in [6.07, 6.45) is 0. The van der Waals surface area contributed by atoms with Crippen LogP contribution in [0.4, 0.5) is 0 Å². The fourth-order valence-electron chi connectivity index (χ4n) is 1.12. The van der Waals surface area contributed by atoms with E-state index in [0.717, 1.165) is 0 Å². The highest BCUT2D eigenvalue weighted by atomic mass is 16.3. The minimum atomic E-state index is -0.362. The molecule has 2 N–H and O–H groups in total. The smallest absolute Gasteiger partial charge is 0.123 e. The Morgan fingerprint density at radius 3 is 2.46 bits per heavy atom. The largest absolute Gasteiger partial charge is 0.508 e. The number of hydrogen-bond acceptors (Lipinski definition) is 3. The summed E-state index contributed by atoms with van der Waals surface area (Å²) in [7, 11) is 0. The molecule has 0 radical (unpaired) electrons. The van der Waals surface area contributed by atoms with E-state index < -0.39 is 0 Å². The number of benzene rings is 1. The molecule has 0 aromatic heterocycles. The fourth-order valence-corrected chi connectivity index (χ4v) is 1.12. The molecular formula is C10H11NO2. The topological polar surface area (TPSA) is 64.2 Å². The molecule has 0 aliphatic carbocycles. The third-order valence-electron chi connectivity index (χ3n) is 2.01. The third-order valence-corrected chi connectivity index (χ3v) is 2.01. The fraction of sp³-hybridized carbons (Fsp3) is 0.300. The first-order chi connectivity index (χ1) is 6.06. The standard InChI is InChI=1S/C10H11NO2/c1-6-3-8(7(2)5-11)10(13)4-9(6)12/h3-4,7,12-13H,1-2H3. The number of phenols is 2. The summed E-state index contributed by atoms with van der Waals surface area (Å²) in [5, 5.41) is 27.3. The monoisotopic (exact) mass is 177 g/mol. The molecule has 3 heteroatoms. The molecular weight excluding hydrogens is 166 g/mol. The Kier molecular flexibility index (Phi) is 2.43. The van der Waals surface area contributed by atoms with Gasteiger partial charge in [0.25, 0.3) is 0 Å². The van der Waals surface area contributed by atoms with Crippen molar-refractivity contribution in [2.24, 2.45) is 0 Å². The van der Waals surface area contributed by atoms with Crippen molar-refractivity contribution in [3.8, 4) is 17.6 Å². The second-order valence-corrected chi connectivity index (χ2v) is 3.05. The van der Waals surface area contributed by atoms with Gasteiger partial charge in [0.15, 0.2) is 0 Å². The van der Waals surface area contributed by atoms with Crippen molar-refractivity contribution in [2.75, 3.05) is 0 Å². The second-order valence-electron chi connectivity index (χ2n) is 3.05. The Hall–Kier alpha value is -1.69. The first-order valence-corrected chi connectivity index (χ1v) is 3.98. The normalized spacial score (nSPS) is 12.1. The molecule has 1 rings (SSSR count). The quantitative estimate of drug-likeness (QED) is 0.689. The molecule has 0 heterocycles. The maximum Gasteiger partial charge on any atom is 0.123 e. The summed E-state index contributed by atoms with van der Waals surface area (Å²) in [4.78, 5) is 0. The number of aromatic hydroxyl groups is 2. The molecule has 0 bridgehead atoms. The van der Waals surface area contributed by atoms with Gasteiger partial charge in [-0.15, -0.1) is 0 Å². The van der Waals surface area contributed by atoms with Crippen LogP contribution < -0.4 is 0 Å². The van der Waals surface area contributed by atoms with Crippen LogP contribution in [0.1, 0.15) is 24.0 Å². The van der Waals surface area contributed by atoms with E-state index in [1.807, 2.05) is 6.07 Å². The molecule has 0 amide bonds. The highest BCUT2D eigenvalue weighted by Gasteiger charge is 2.11. The zero-order valence-electron chi connectivity index (χ0n) is 7.57. The molecule has 0 aliphatic rings. The van der Waals surface area contributed by atoms with E-state index in [9.17, 15) is 10.2 Å². The van der Waals surface area contributed by atoms with Crippen LogP contribution in [-0.2, 0) is 0 Å². The van der Waals surface area contributed by atoms with Gasteiger partial charge in [0, 0.05) is 11.6 Å². The van der Waals surface area contributed by atoms with Crippen molar-refractivity contribution in [1.29, 1.82) is 5.26 Å². The Morgan fingerprint density at radius 2 is 1.92 bits per heavy atom. The summed E-state index contributed by atoms with van der Waals surface area (Å²) in [6.45, 7) is 3.42. The van der Waals surface area contributed by atoms with Crippen molar-refractivity contribution in [1.82, 2.24) is 0 Å². The SMILES string of the molecule is Cc1cc(C(C)C#N)c(O)cc1O. The van der Waals surface area contributed by atoms with Crippen LogP contribution >= 0.6 is 0 Å². The molecule has 0 fully saturated rings. The highest BCUT2D eigenvalue weighted by molar-refractivity contribution is 5.47. The number of aryl methyl sites for hydroxylation is 1. The summed E-state index contributed by atoms with van der Waals surface area (Å²) >= 11 is 0. The Balaban J connectivity index is 3.25. The van der Waals surface area contributed by atoms with E-state index in [2.05, 4.69) is 0 Å². The van der Waals surface area contributed by atoms with Gasteiger partial charge in [0.1, 0.15) is 11.5 Å². The second kappa shape index (κ2) is 3.36. The van der Waals surface area contributed by atoms with Crippen LogP contribution in [-0.4, -0.2) is 10.2 Å². The van der Waals surface area contributed by atoms with Crippen molar-refractivity contribution in [3.63, 3.8) is 0 Å². The van der Waals surface area contributed by atoms with Crippen LogP contribution in [0.15, 0.2) is 12.1 Å². The maximum atomic E-state index is 9.41. The van der Waals surface area contributed by atoms with Crippen LogP contribution in [0.2, 0.25) is 0 Å². The summed E-state index contributed by atoms with van der Waals surface area (Å²) in [5.74, 6) is -0.345. The van der Waals surface area contributed by atoms with Gasteiger partial charge in [-0.25, -0.2) is 0 Å². The van der Waals surface area contributed by atoms with Gasteiger partial charge < -0.3 is 10.2 Å². The number of hydrogen-bond donors (Lipinski definition) is 2. The van der Waals surface area contributed by atoms with Crippen LogP contribution in [0.5, 0.6) is 11.5 Å². The van der Waals surface area contributed by atoms with Gasteiger partial charge in [-0.1, -0.05) is 0 Å². The van der Waals surface area contributed by atoms with Crippen LogP contribution in [0, 0.1) is 18.3 Å². The zero-order chi connectivity index (χ0) is 10.0. The summed E-state index contributed by atoms with van der Waals surface area (Å²) in [5.41, 5.74) is 1.22. The van der Waals surface area contributed by atoms with E-state index in [4.69, 9.17) is 5.26 Å². The van der Waals surface area contributed by atoms with Crippen molar-refractivity contribution in [3.05, 3.63) is 23.3 Å². The van der Waals surface area contributed by atoms with Gasteiger partial charge in [-0.2, -0.15) is 5.26 Å². The lowest BCUT2D eigenvalue weighted by atomic mass is 9.99. The number of nitriles is 1. The molecule has 3 nitrogen and oxygen atoms in total. The molecule has 1 unspecified atom stereocenters. The molecule has 0 saturated carbocycles. The molecule has 0 spiro atoms. The number of nitrogens with zero attached hydrogens (tertiary/aromatic N) is 1. The lowest BCUT2D eigenvalue weighted by Crippen LogP contribution is -1.91. The third kappa shape index (κ3) is 1.73. The first-order valence-electron chi connectivity index (χ1n) is 3.98. The zero-order valence-corrected chi connectivity index (χ0v) is 7.57. The van der Waals surface area contributed by atoms with Crippen LogP contribution in [0.3, 0.4) is 0 Å². The molecule has 0 aliphatic heterocycles. The molecule has 1 aromatic carbocycles. The Bertz CT molecular complexity index is 366. The Morgan fingerprint density at radius 1 is 1.31 bits per heavy atom. The molecule has 1 atom stereocenters. The number of phenolic OH excluding ortho intramolecular Hbond substituents is 2. The predicted molar refractivity (Wildman–Crippen MR) is 48.5 cm³/mol. The van der Waals surface area contributed by atoms with Gasteiger partial charge in [-0.05, 0) is 25.5 Å². The maximum absolute atomic E-state index is 9.41. The first kappa shape index (κ1) is 9.40. The van der Waals surface area contributed by atoms with Gasteiger partial charge in [0.05, 0.1) is 12.0 Å². The van der Waals surface area contributed by atoms with Gasteiger partial charge in [0.2, 0.25) is 0 Å². The predicted octanol–water partition coefficient (Wildman–Crippen LogP) is 2.03. The molecule has 68 valence electrons. The van der Waals surface area contributed by atoms with E-state index in [1.54, 1.807) is 19.9 Å². The van der Waals surface area contributed by atoms with E-state index in [1.165, 1.54) is 6.07 Å².